The van der Waals surface area contributed by atoms with E-state index in [0.29, 0.717) is 11.3 Å². The molecule has 0 bridgehead atoms. The summed E-state index contributed by atoms with van der Waals surface area (Å²) in [6.45, 7) is 3.75. The average molecular weight is 505 g/mol. The third-order valence-corrected chi connectivity index (χ3v) is 9.06. The first-order chi connectivity index (χ1) is 14.3. The molecule has 158 valence electrons. The van der Waals surface area contributed by atoms with Crippen LogP contribution in [0.25, 0.3) is 0 Å². The van der Waals surface area contributed by atoms with Crippen molar-refractivity contribution in [1.82, 2.24) is 20.4 Å². The monoisotopic (exact) mass is 504 g/mol. The zero-order chi connectivity index (χ0) is 21.4. The second-order valence-corrected chi connectivity index (χ2v) is 11.6. The van der Waals surface area contributed by atoms with Crippen molar-refractivity contribution in [2.75, 3.05) is 5.75 Å². The van der Waals surface area contributed by atoms with Crippen molar-refractivity contribution < 1.29 is 49.0 Å². The maximum Gasteiger partial charge on any atom is 1.00 e. The number of rotatable bonds is 7. The van der Waals surface area contributed by atoms with Crippen molar-refractivity contribution in [2.24, 2.45) is 0 Å². The fourth-order valence-electron chi connectivity index (χ4n) is 3.30. The zero-order valence-electron chi connectivity index (χ0n) is 17.0. The molecule has 2 aromatic heterocycles. The summed E-state index contributed by atoms with van der Waals surface area (Å²) in [5, 5.41) is 24.8. The van der Waals surface area contributed by atoms with Gasteiger partial charge in [-0.1, -0.05) is 29.2 Å². The zero-order valence-corrected chi connectivity index (χ0v) is 22.3. The van der Waals surface area contributed by atoms with E-state index >= 15 is 0 Å². The van der Waals surface area contributed by atoms with Gasteiger partial charge < -0.3 is 15.2 Å². The summed E-state index contributed by atoms with van der Waals surface area (Å²) in [5.41, 5.74) is 0.527. The van der Waals surface area contributed by atoms with Crippen LogP contribution in [0.4, 0.5) is 0 Å². The molecule has 0 spiro atoms. The summed E-state index contributed by atoms with van der Waals surface area (Å²) < 4.78 is 0.741. The van der Waals surface area contributed by atoms with Crippen LogP contribution in [0.3, 0.4) is 0 Å². The second kappa shape index (κ2) is 10.4. The Bertz CT molecular complexity index is 1030. The van der Waals surface area contributed by atoms with Crippen LogP contribution in [0.5, 0.6) is 0 Å². The molecule has 3 atom stereocenters. The third-order valence-electron chi connectivity index (χ3n) is 4.71. The van der Waals surface area contributed by atoms with Crippen molar-refractivity contribution in [2.45, 2.75) is 41.3 Å². The van der Waals surface area contributed by atoms with Gasteiger partial charge in [-0.3, -0.25) is 14.5 Å². The molecule has 4 rings (SSSR count). The number of carboxylic acid groups (broad SMARTS) is 1. The number of hydrogen-bond donors (Lipinski definition) is 1. The molecule has 2 amide bonds. The number of carbonyl (C=O) groups is 3. The summed E-state index contributed by atoms with van der Waals surface area (Å²) in [5.74, 6) is -1.69. The second-order valence-electron chi connectivity index (χ2n) is 6.72. The molecule has 1 unspecified atom stereocenters. The van der Waals surface area contributed by atoms with Crippen LogP contribution in [0.1, 0.15) is 16.8 Å². The van der Waals surface area contributed by atoms with Gasteiger partial charge in [0.2, 0.25) is 5.91 Å². The van der Waals surface area contributed by atoms with E-state index in [0.717, 1.165) is 14.2 Å². The van der Waals surface area contributed by atoms with Crippen molar-refractivity contribution in [1.29, 1.82) is 0 Å². The number of nitrogens with one attached hydrogen (secondary N) is 1. The van der Waals surface area contributed by atoms with Crippen LogP contribution in [-0.2, 0) is 20.8 Å². The fourth-order valence-corrected chi connectivity index (χ4v) is 7.51. The summed E-state index contributed by atoms with van der Waals surface area (Å²) >= 11 is 5.76. The first-order valence-electron chi connectivity index (χ1n) is 9.02. The minimum absolute atomic E-state index is 0. The van der Waals surface area contributed by atoms with Gasteiger partial charge in [0.15, 0.2) is 4.34 Å². The number of amides is 2. The molecule has 2 aromatic rings. The van der Waals surface area contributed by atoms with Gasteiger partial charge in [-0.05, 0) is 30.9 Å². The molecule has 1 fully saturated rings. The molecule has 1 N–H and O–H groups in total. The molecule has 0 aliphatic carbocycles. The van der Waals surface area contributed by atoms with Crippen LogP contribution in [0.2, 0.25) is 0 Å². The van der Waals surface area contributed by atoms with Crippen LogP contribution in [0.15, 0.2) is 33.1 Å². The number of aromatic nitrogens is 2. The first-order valence-corrected chi connectivity index (χ1v) is 12.6. The number of nitrogens with zero attached hydrogens (tertiary/aromatic N) is 3. The molecule has 2 aliphatic rings. The number of fused-ring (bicyclic) bond motifs is 1. The molecule has 13 heteroatoms. The third kappa shape index (κ3) is 5.21. The smallest absolute Gasteiger partial charge is 0.543 e. The minimum atomic E-state index is -1.38. The van der Waals surface area contributed by atoms with Crippen molar-refractivity contribution >= 4 is 64.0 Å². The Kier molecular flexibility index (Phi) is 8.27. The Hall–Kier alpha value is -0.890. The molecular formula is C18H17N4NaO4S4. The van der Waals surface area contributed by atoms with E-state index in [2.05, 4.69) is 15.5 Å². The van der Waals surface area contributed by atoms with Crippen LogP contribution >= 0.6 is 46.2 Å². The molecule has 8 nitrogen and oxygen atoms in total. The van der Waals surface area contributed by atoms with Crippen LogP contribution in [0, 0.1) is 6.92 Å². The van der Waals surface area contributed by atoms with E-state index in [9.17, 15) is 19.5 Å². The molecule has 31 heavy (non-hydrogen) atoms. The predicted molar refractivity (Wildman–Crippen MR) is 115 cm³/mol. The predicted octanol–water partition coefficient (Wildman–Crippen LogP) is -1.96. The summed E-state index contributed by atoms with van der Waals surface area (Å²) in [4.78, 5) is 39.1. The standard InChI is InChI=1S/C18H18N4O4S4.Na/c1-8-11(7-28-18-21-20-9(2)30-18)14(17(25)26)22-15(24)13(16(22)29-8)19-12(23)6-10-4-3-5-27-10;/h3-5,8,13,16H,6-7H2,1-2H3,(H,19,23)(H,25,26);/q;+1/p-1/t8-,13?,16+;/m0./s1. The number of carboxylic acids is 1. The maximum absolute atomic E-state index is 12.7. The van der Waals surface area contributed by atoms with E-state index < -0.39 is 23.3 Å². The summed E-state index contributed by atoms with van der Waals surface area (Å²) in [6.07, 6.45) is 0.195. The van der Waals surface area contributed by atoms with Gasteiger partial charge in [-0.2, -0.15) is 0 Å². The van der Waals surface area contributed by atoms with Gasteiger partial charge in [-0.25, -0.2) is 0 Å². The van der Waals surface area contributed by atoms with Gasteiger partial charge in [-0.15, -0.1) is 33.3 Å². The Balaban J connectivity index is 0.00000272. The maximum atomic E-state index is 12.7. The molecule has 0 radical (unpaired) electrons. The van der Waals surface area contributed by atoms with Gasteiger partial charge in [0.1, 0.15) is 16.4 Å². The largest absolute Gasteiger partial charge is 1.00 e. The van der Waals surface area contributed by atoms with Gasteiger partial charge in [0, 0.05) is 15.9 Å². The Morgan fingerprint density at radius 1 is 1.35 bits per heavy atom. The van der Waals surface area contributed by atoms with E-state index in [1.165, 1.54) is 51.1 Å². The molecule has 0 saturated carbocycles. The van der Waals surface area contributed by atoms with E-state index in [1.807, 2.05) is 31.4 Å². The first kappa shape index (κ1) is 24.7. The molecule has 1 saturated heterocycles. The number of thiophene rings is 1. The number of β-lactam (4-membered cyclic amide) rings is 1. The van der Waals surface area contributed by atoms with Gasteiger partial charge in [0.05, 0.1) is 18.1 Å². The number of thioether (sulfide) groups is 2. The van der Waals surface area contributed by atoms with E-state index in [-0.39, 0.29) is 52.8 Å². The Morgan fingerprint density at radius 2 is 2.13 bits per heavy atom. The summed E-state index contributed by atoms with van der Waals surface area (Å²) in [6, 6.07) is 2.98. The molecular weight excluding hydrogens is 487 g/mol. The Morgan fingerprint density at radius 3 is 2.74 bits per heavy atom. The van der Waals surface area contributed by atoms with Crippen molar-refractivity contribution in [3.63, 3.8) is 0 Å². The number of hydrogen-bond acceptors (Lipinski definition) is 10. The van der Waals surface area contributed by atoms with Crippen LogP contribution in [-0.4, -0.2) is 55.3 Å². The molecule has 4 heterocycles. The van der Waals surface area contributed by atoms with Gasteiger partial charge in [0.25, 0.3) is 5.91 Å². The minimum Gasteiger partial charge on any atom is -0.543 e. The SMILES string of the molecule is Cc1nnc(SCC2=C(C(=O)[O-])N3C(=O)C(NC(=O)Cc4cccs4)[C@H]3S[C@H]2C)s1.[Na+]. The number of carbonyl (C=O) groups excluding carboxylic acids is 3. The number of aryl methyl sites for hydroxylation is 1. The van der Waals surface area contributed by atoms with Gasteiger partial charge >= 0.3 is 29.6 Å². The quantitative estimate of drug-likeness (QED) is 0.263. The van der Waals surface area contributed by atoms with Crippen molar-refractivity contribution in [3.8, 4) is 0 Å². The molecule has 2 aliphatic heterocycles. The molecule has 0 aromatic carbocycles. The summed E-state index contributed by atoms with van der Waals surface area (Å²) in [7, 11) is 0. The van der Waals surface area contributed by atoms with Crippen LogP contribution < -0.4 is 40.0 Å². The fraction of sp³-hybridized carbons (Fsp3) is 0.389. The van der Waals surface area contributed by atoms with E-state index in [1.54, 1.807) is 0 Å². The number of aliphatic carboxylic acids is 1. The topological polar surface area (TPSA) is 115 Å². The average Bonchev–Trinajstić information content (AvgIpc) is 3.35. The Labute approximate surface area is 217 Å². The van der Waals surface area contributed by atoms with Crippen molar-refractivity contribution in [3.05, 3.63) is 38.7 Å². The normalized spacial score (nSPS) is 22.5. The van der Waals surface area contributed by atoms with E-state index in [4.69, 9.17) is 0 Å².